The first kappa shape index (κ1) is 12.8. The predicted octanol–water partition coefficient (Wildman–Crippen LogP) is 1.45. The molecule has 3 heterocycles. The van der Waals surface area contributed by atoms with Crippen molar-refractivity contribution >= 4 is 5.91 Å². The predicted molar refractivity (Wildman–Crippen MR) is 73.4 cm³/mol. The lowest BCUT2D eigenvalue weighted by Gasteiger charge is -2.16. The number of aromatic nitrogens is 4. The van der Waals surface area contributed by atoms with E-state index >= 15 is 0 Å². The summed E-state index contributed by atoms with van der Waals surface area (Å²) in [5.41, 5.74) is 2.36. The molecule has 1 aliphatic rings. The minimum Gasteiger partial charge on any atom is -0.346 e. The second-order valence-electron chi connectivity index (χ2n) is 5.21. The van der Waals surface area contributed by atoms with Crippen LogP contribution < -0.4 is 0 Å². The summed E-state index contributed by atoms with van der Waals surface area (Å²) < 4.78 is 0. The van der Waals surface area contributed by atoms with Gasteiger partial charge in [0.15, 0.2) is 0 Å². The maximum Gasteiger partial charge on any atom is 0.257 e. The number of hydrogen-bond acceptors (Lipinski definition) is 4. The second-order valence-corrected chi connectivity index (χ2v) is 5.21. The molecule has 0 spiro atoms. The highest BCUT2D eigenvalue weighted by molar-refractivity contribution is 5.95. The molecule has 0 radical (unpaired) electrons. The van der Waals surface area contributed by atoms with Crippen molar-refractivity contribution in [1.29, 1.82) is 0 Å². The summed E-state index contributed by atoms with van der Waals surface area (Å²) >= 11 is 0. The average molecular weight is 271 g/mol. The summed E-state index contributed by atoms with van der Waals surface area (Å²) in [6.45, 7) is 5.26. The highest BCUT2D eigenvalue weighted by atomic mass is 16.2. The van der Waals surface area contributed by atoms with Gasteiger partial charge in [-0.05, 0) is 20.3 Å². The van der Waals surface area contributed by atoms with E-state index in [1.54, 1.807) is 6.20 Å². The van der Waals surface area contributed by atoms with Crippen LogP contribution >= 0.6 is 0 Å². The van der Waals surface area contributed by atoms with E-state index in [1.165, 1.54) is 6.33 Å². The van der Waals surface area contributed by atoms with Crippen LogP contribution in [0.25, 0.3) is 0 Å². The first-order valence-electron chi connectivity index (χ1n) is 6.72. The summed E-state index contributed by atoms with van der Waals surface area (Å²) in [6.07, 6.45) is 5.82. The Morgan fingerprint density at radius 3 is 2.90 bits per heavy atom. The minimum atomic E-state index is 0.00822. The van der Waals surface area contributed by atoms with E-state index in [0.717, 1.165) is 30.2 Å². The SMILES string of the molecule is Cc1cnc([C@H]2CCN(C(=O)c3cncnc3C)C2)[nH]1. The van der Waals surface area contributed by atoms with Gasteiger partial charge in [-0.25, -0.2) is 15.0 Å². The second kappa shape index (κ2) is 5.03. The number of H-pyrrole nitrogens is 1. The first-order valence-corrected chi connectivity index (χ1v) is 6.72. The number of rotatable bonds is 2. The van der Waals surface area contributed by atoms with Crippen molar-refractivity contribution in [1.82, 2.24) is 24.8 Å². The van der Waals surface area contributed by atoms with Crippen molar-refractivity contribution in [3.8, 4) is 0 Å². The van der Waals surface area contributed by atoms with E-state index in [0.29, 0.717) is 12.1 Å². The maximum atomic E-state index is 12.5. The summed E-state index contributed by atoms with van der Waals surface area (Å²) in [5, 5.41) is 0. The molecule has 1 fully saturated rings. The van der Waals surface area contributed by atoms with Gasteiger partial charge in [0.25, 0.3) is 5.91 Å². The Hall–Kier alpha value is -2.24. The fourth-order valence-corrected chi connectivity index (χ4v) is 2.58. The van der Waals surface area contributed by atoms with E-state index in [2.05, 4.69) is 19.9 Å². The van der Waals surface area contributed by atoms with E-state index < -0.39 is 0 Å². The number of hydrogen-bond donors (Lipinski definition) is 1. The lowest BCUT2D eigenvalue weighted by molar-refractivity contribution is 0.0789. The smallest absolute Gasteiger partial charge is 0.257 e. The van der Waals surface area contributed by atoms with Gasteiger partial charge in [0.05, 0.1) is 11.3 Å². The van der Waals surface area contributed by atoms with Crippen LogP contribution in [0, 0.1) is 13.8 Å². The lowest BCUT2D eigenvalue weighted by Crippen LogP contribution is -2.29. The normalized spacial score (nSPS) is 18.5. The van der Waals surface area contributed by atoms with Crippen LogP contribution in [-0.2, 0) is 0 Å². The zero-order chi connectivity index (χ0) is 14.1. The lowest BCUT2D eigenvalue weighted by atomic mass is 10.1. The summed E-state index contributed by atoms with van der Waals surface area (Å²) in [4.78, 5) is 30.0. The van der Waals surface area contributed by atoms with Gasteiger partial charge in [-0.2, -0.15) is 0 Å². The number of amides is 1. The Morgan fingerprint density at radius 1 is 1.35 bits per heavy atom. The number of carbonyl (C=O) groups excluding carboxylic acids is 1. The molecule has 1 atom stereocenters. The minimum absolute atomic E-state index is 0.00822. The van der Waals surface area contributed by atoms with Crippen LogP contribution in [-0.4, -0.2) is 43.8 Å². The number of nitrogens with zero attached hydrogens (tertiary/aromatic N) is 4. The summed E-state index contributed by atoms with van der Waals surface area (Å²) in [7, 11) is 0. The molecule has 0 saturated carbocycles. The fraction of sp³-hybridized carbons (Fsp3) is 0.429. The molecule has 3 rings (SSSR count). The number of aryl methyl sites for hydroxylation is 2. The quantitative estimate of drug-likeness (QED) is 0.897. The molecular formula is C14H17N5O. The third-order valence-electron chi connectivity index (χ3n) is 3.73. The first-order chi connectivity index (χ1) is 9.65. The van der Waals surface area contributed by atoms with Gasteiger partial charge in [-0.3, -0.25) is 4.79 Å². The fourth-order valence-electron chi connectivity index (χ4n) is 2.58. The molecule has 104 valence electrons. The number of likely N-dealkylation sites (tertiary alicyclic amines) is 1. The average Bonchev–Trinajstić information content (AvgIpc) is 3.07. The summed E-state index contributed by atoms with van der Waals surface area (Å²) in [6, 6.07) is 0. The maximum absolute atomic E-state index is 12.5. The molecule has 20 heavy (non-hydrogen) atoms. The molecule has 0 aromatic carbocycles. The summed E-state index contributed by atoms with van der Waals surface area (Å²) in [5.74, 6) is 1.27. The molecule has 2 aromatic rings. The molecule has 0 unspecified atom stereocenters. The molecular weight excluding hydrogens is 254 g/mol. The van der Waals surface area contributed by atoms with Gasteiger partial charge in [0.1, 0.15) is 12.2 Å². The van der Waals surface area contributed by atoms with Crippen molar-refractivity contribution in [3.63, 3.8) is 0 Å². The van der Waals surface area contributed by atoms with E-state index in [-0.39, 0.29) is 11.8 Å². The molecule has 1 saturated heterocycles. The standard InChI is InChI=1S/C14H17N5O/c1-9-5-16-13(18-9)11-3-4-19(7-11)14(20)12-6-15-8-17-10(12)2/h5-6,8,11H,3-4,7H2,1-2H3,(H,16,18)/t11-/m0/s1. The van der Waals surface area contributed by atoms with Crippen LogP contribution in [0.15, 0.2) is 18.7 Å². The largest absolute Gasteiger partial charge is 0.346 e. The van der Waals surface area contributed by atoms with Gasteiger partial charge >= 0.3 is 0 Å². The monoisotopic (exact) mass is 271 g/mol. The zero-order valence-corrected chi connectivity index (χ0v) is 11.6. The third kappa shape index (κ3) is 2.29. The molecule has 6 nitrogen and oxygen atoms in total. The highest BCUT2D eigenvalue weighted by Gasteiger charge is 2.30. The molecule has 6 heteroatoms. The Balaban J connectivity index is 1.74. The van der Waals surface area contributed by atoms with Crippen LogP contribution in [0.5, 0.6) is 0 Å². The number of carbonyl (C=O) groups is 1. The van der Waals surface area contributed by atoms with Crippen molar-refractivity contribution in [3.05, 3.63) is 41.5 Å². The molecule has 1 aliphatic heterocycles. The Kier molecular flexibility index (Phi) is 3.22. The number of imidazole rings is 1. The number of aromatic amines is 1. The topological polar surface area (TPSA) is 74.8 Å². The molecule has 2 aromatic heterocycles. The Bertz CT molecular complexity index is 636. The molecule has 1 amide bonds. The third-order valence-corrected chi connectivity index (χ3v) is 3.73. The van der Waals surface area contributed by atoms with Crippen molar-refractivity contribution in [2.75, 3.05) is 13.1 Å². The van der Waals surface area contributed by atoms with Gasteiger partial charge in [0.2, 0.25) is 0 Å². The van der Waals surface area contributed by atoms with Crippen LogP contribution in [0.4, 0.5) is 0 Å². The Morgan fingerprint density at radius 2 is 2.20 bits per heavy atom. The van der Waals surface area contributed by atoms with Gasteiger partial charge in [0, 0.05) is 37.1 Å². The molecule has 0 aliphatic carbocycles. The Labute approximate surface area is 117 Å². The van der Waals surface area contributed by atoms with E-state index in [4.69, 9.17) is 0 Å². The van der Waals surface area contributed by atoms with Crippen LogP contribution in [0.3, 0.4) is 0 Å². The van der Waals surface area contributed by atoms with Crippen molar-refractivity contribution < 1.29 is 4.79 Å². The van der Waals surface area contributed by atoms with Crippen molar-refractivity contribution in [2.45, 2.75) is 26.2 Å². The van der Waals surface area contributed by atoms with E-state index in [1.807, 2.05) is 24.9 Å². The van der Waals surface area contributed by atoms with Crippen molar-refractivity contribution in [2.24, 2.45) is 0 Å². The van der Waals surface area contributed by atoms with Crippen LogP contribution in [0.2, 0.25) is 0 Å². The molecule has 0 bridgehead atoms. The number of nitrogens with one attached hydrogen (secondary N) is 1. The van der Waals surface area contributed by atoms with E-state index in [9.17, 15) is 4.79 Å². The highest BCUT2D eigenvalue weighted by Crippen LogP contribution is 2.26. The van der Waals surface area contributed by atoms with Gasteiger partial charge in [-0.1, -0.05) is 0 Å². The van der Waals surface area contributed by atoms with Gasteiger partial charge in [-0.15, -0.1) is 0 Å². The molecule has 1 N–H and O–H groups in total. The van der Waals surface area contributed by atoms with Crippen LogP contribution in [0.1, 0.15) is 39.9 Å². The zero-order valence-electron chi connectivity index (χ0n) is 11.6. The van der Waals surface area contributed by atoms with Gasteiger partial charge < -0.3 is 9.88 Å².